The lowest BCUT2D eigenvalue weighted by Crippen LogP contribution is -2.46. The van der Waals surface area contributed by atoms with Crippen molar-refractivity contribution in [3.8, 4) is 0 Å². The van der Waals surface area contributed by atoms with E-state index in [1.807, 2.05) is 6.92 Å². The van der Waals surface area contributed by atoms with Crippen molar-refractivity contribution in [3.05, 3.63) is 0 Å². The van der Waals surface area contributed by atoms with Crippen molar-refractivity contribution in [1.29, 1.82) is 0 Å². The van der Waals surface area contributed by atoms with Crippen molar-refractivity contribution >= 4 is 0 Å². The summed E-state index contributed by atoms with van der Waals surface area (Å²) in [5, 5.41) is 10.3. The second-order valence-electron chi connectivity index (χ2n) is 6.57. The summed E-state index contributed by atoms with van der Waals surface area (Å²) >= 11 is 0. The molecule has 0 aliphatic heterocycles. The fourth-order valence-electron chi connectivity index (χ4n) is 4.08. The van der Waals surface area contributed by atoms with E-state index in [1.54, 1.807) is 0 Å². The van der Waals surface area contributed by atoms with Gasteiger partial charge in [-0.2, -0.15) is 0 Å². The van der Waals surface area contributed by atoms with Gasteiger partial charge in [0.2, 0.25) is 0 Å². The van der Waals surface area contributed by atoms with Crippen LogP contribution in [0.1, 0.15) is 59.8 Å². The Bertz CT molecular complexity index is 234. The van der Waals surface area contributed by atoms with E-state index in [1.165, 1.54) is 25.7 Å². The van der Waals surface area contributed by atoms with E-state index in [0.29, 0.717) is 11.3 Å². The summed E-state index contributed by atoms with van der Waals surface area (Å²) in [6, 6.07) is 0. The van der Waals surface area contributed by atoms with Gasteiger partial charge in [-0.1, -0.05) is 20.8 Å². The molecule has 1 N–H and O–H groups in total. The SMILES string of the molecule is CC1CC2(CCC1(C)O)C(C)CCC2C. The van der Waals surface area contributed by atoms with Crippen molar-refractivity contribution in [2.24, 2.45) is 23.2 Å². The Kier molecular flexibility index (Phi) is 2.65. The highest BCUT2D eigenvalue weighted by atomic mass is 16.3. The highest BCUT2D eigenvalue weighted by Gasteiger charge is 2.51. The summed E-state index contributed by atoms with van der Waals surface area (Å²) in [4.78, 5) is 0. The third kappa shape index (κ3) is 1.63. The van der Waals surface area contributed by atoms with Crippen LogP contribution in [0.5, 0.6) is 0 Å². The van der Waals surface area contributed by atoms with Gasteiger partial charge in [-0.05, 0) is 62.2 Å². The third-order valence-corrected chi connectivity index (χ3v) is 5.84. The fraction of sp³-hybridized carbons (Fsp3) is 1.00. The van der Waals surface area contributed by atoms with E-state index in [4.69, 9.17) is 0 Å². The molecule has 1 spiro atoms. The normalized spacial score (nSPS) is 56.2. The van der Waals surface area contributed by atoms with Crippen LogP contribution in [0.25, 0.3) is 0 Å². The van der Waals surface area contributed by atoms with Gasteiger partial charge in [0.15, 0.2) is 0 Å². The second-order valence-corrected chi connectivity index (χ2v) is 6.57. The van der Waals surface area contributed by atoms with Crippen molar-refractivity contribution in [1.82, 2.24) is 0 Å². The first-order valence-corrected chi connectivity index (χ1v) is 6.61. The Morgan fingerprint density at radius 3 is 1.93 bits per heavy atom. The van der Waals surface area contributed by atoms with Crippen LogP contribution < -0.4 is 0 Å². The number of hydrogen-bond acceptors (Lipinski definition) is 1. The number of hydrogen-bond donors (Lipinski definition) is 1. The van der Waals surface area contributed by atoms with Crippen molar-refractivity contribution in [2.45, 2.75) is 65.4 Å². The van der Waals surface area contributed by atoms with Crippen LogP contribution in [0, 0.1) is 23.2 Å². The molecule has 0 radical (unpaired) electrons. The molecule has 88 valence electrons. The summed E-state index contributed by atoms with van der Waals surface area (Å²) in [5.41, 5.74) is 0.148. The summed E-state index contributed by atoms with van der Waals surface area (Å²) in [6.45, 7) is 9.11. The molecule has 2 rings (SSSR count). The van der Waals surface area contributed by atoms with Crippen LogP contribution in [-0.4, -0.2) is 10.7 Å². The summed E-state index contributed by atoms with van der Waals surface area (Å²) in [5.74, 6) is 2.20. The first-order valence-electron chi connectivity index (χ1n) is 6.61. The predicted octanol–water partition coefficient (Wildman–Crippen LogP) is 3.61. The molecular formula is C14H26O. The van der Waals surface area contributed by atoms with Gasteiger partial charge in [0, 0.05) is 0 Å². The maximum absolute atomic E-state index is 10.3. The van der Waals surface area contributed by atoms with E-state index in [0.717, 1.165) is 18.3 Å². The van der Waals surface area contributed by atoms with Gasteiger partial charge < -0.3 is 5.11 Å². The largest absolute Gasteiger partial charge is 0.390 e. The fourth-order valence-corrected chi connectivity index (χ4v) is 4.08. The average molecular weight is 210 g/mol. The van der Waals surface area contributed by atoms with Crippen LogP contribution >= 0.6 is 0 Å². The molecular weight excluding hydrogens is 184 g/mol. The molecule has 1 nitrogen and oxygen atoms in total. The van der Waals surface area contributed by atoms with Crippen LogP contribution in [0.2, 0.25) is 0 Å². The van der Waals surface area contributed by atoms with Gasteiger partial charge in [-0.25, -0.2) is 0 Å². The van der Waals surface area contributed by atoms with E-state index in [-0.39, 0.29) is 0 Å². The van der Waals surface area contributed by atoms with Gasteiger partial charge in [-0.3, -0.25) is 0 Å². The Morgan fingerprint density at radius 2 is 1.47 bits per heavy atom. The molecule has 1 heteroatoms. The molecule has 0 heterocycles. The molecule has 0 aromatic carbocycles. The molecule has 2 fully saturated rings. The highest BCUT2D eigenvalue weighted by Crippen LogP contribution is 2.58. The topological polar surface area (TPSA) is 20.2 Å². The summed E-state index contributed by atoms with van der Waals surface area (Å²) in [7, 11) is 0. The zero-order chi connectivity index (χ0) is 11.3. The Balaban J connectivity index is 2.19. The highest BCUT2D eigenvalue weighted by molar-refractivity contribution is 5.02. The molecule has 4 unspecified atom stereocenters. The lowest BCUT2D eigenvalue weighted by molar-refractivity contribution is -0.0847. The number of aliphatic hydroxyl groups is 1. The maximum atomic E-state index is 10.3. The summed E-state index contributed by atoms with van der Waals surface area (Å²) < 4.78 is 0. The summed E-state index contributed by atoms with van der Waals surface area (Å²) in [6.07, 6.45) is 6.28. The van der Waals surface area contributed by atoms with E-state index in [9.17, 15) is 5.11 Å². The Morgan fingerprint density at radius 1 is 0.933 bits per heavy atom. The van der Waals surface area contributed by atoms with Crippen molar-refractivity contribution in [2.75, 3.05) is 0 Å². The molecule has 0 amide bonds. The molecule has 2 saturated carbocycles. The molecule has 15 heavy (non-hydrogen) atoms. The number of rotatable bonds is 0. The quantitative estimate of drug-likeness (QED) is 0.647. The monoisotopic (exact) mass is 210 g/mol. The minimum absolute atomic E-state index is 0.409. The Hall–Kier alpha value is -0.0400. The molecule has 2 aliphatic carbocycles. The van der Waals surface area contributed by atoms with Gasteiger partial charge in [0.25, 0.3) is 0 Å². The first kappa shape index (κ1) is 11.4. The van der Waals surface area contributed by atoms with Gasteiger partial charge in [0.1, 0.15) is 0 Å². The van der Waals surface area contributed by atoms with Gasteiger partial charge in [-0.15, -0.1) is 0 Å². The lowest BCUT2D eigenvalue weighted by Gasteiger charge is -2.49. The predicted molar refractivity (Wildman–Crippen MR) is 63.6 cm³/mol. The maximum Gasteiger partial charge on any atom is 0.0645 e. The van der Waals surface area contributed by atoms with Gasteiger partial charge in [0.05, 0.1) is 5.60 Å². The van der Waals surface area contributed by atoms with Gasteiger partial charge >= 0.3 is 0 Å². The molecule has 2 aliphatic rings. The van der Waals surface area contributed by atoms with Crippen molar-refractivity contribution in [3.63, 3.8) is 0 Å². The zero-order valence-corrected chi connectivity index (χ0v) is 10.7. The first-order chi connectivity index (χ1) is 6.88. The molecule has 0 aromatic rings. The lowest BCUT2D eigenvalue weighted by atomic mass is 9.58. The minimum Gasteiger partial charge on any atom is -0.390 e. The van der Waals surface area contributed by atoms with Crippen LogP contribution in [0.3, 0.4) is 0 Å². The van der Waals surface area contributed by atoms with Crippen LogP contribution in [-0.2, 0) is 0 Å². The smallest absolute Gasteiger partial charge is 0.0645 e. The van der Waals surface area contributed by atoms with Crippen LogP contribution in [0.15, 0.2) is 0 Å². The van der Waals surface area contributed by atoms with Crippen molar-refractivity contribution < 1.29 is 5.11 Å². The molecule has 4 atom stereocenters. The Labute approximate surface area is 94.3 Å². The third-order valence-electron chi connectivity index (χ3n) is 5.84. The van der Waals surface area contributed by atoms with E-state index >= 15 is 0 Å². The zero-order valence-electron chi connectivity index (χ0n) is 10.7. The molecule has 0 bridgehead atoms. The van der Waals surface area contributed by atoms with E-state index in [2.05, 4.69) is 20.8 Å². The standard InChI is InChI=1S/C14H26O/c1-10-5-6-11(2)14(10)8-7-13(4,15)12(3)9-14/h10-12,15H,5-9H2,1-4H3. The minimum atomic E-state index is -0.409. The average Bonchev–Trinajstić information content (AvgIpc) is 2.42. The second kappa shape index (κ2) is 3.48. The molecule has 0 saturated heterocycles. The van der Waals surface area contributed by atoms with Crippen LogP contribution in [0.4, 0.5) is 0 Å². The molecule has 0 aromatic heterocycles. The van der Waals surface area contributed by atoms with E-state index < -0.39 is 5.60 Å².